The average molecular weight is 481 g/mol. The van der Waals surface area contributed by atoms with Gasteiger partial charge >= 0.3 is 12.5 Å². The molecule has 0 saturated carbocycles. The number of aromatic amines is 1. The number of carbonyl (C=O) groups excluding carboxylic acids is 1. The Bertz CT molecular complexity index is 1150. The summed E-state index contributed by atoms with van der Waals surface area (Å²) in [6.45, 7) is 1.56. The summed E-state index contributed by atoms with van der Waals surface area (Å²) in [5.74, 6) is -2.50. The summed E-state index contributed by atoms with van der Waals surface area (Å²) >= 11 is 5.89. The number of nitrogens with zero attached hydrogens (tertiary/aromatic N) is 2. The van der Waals surface area contributed by atoms with Gasteiger partial charge in [0.25, 0.3) is 5.91 Å². The summed E-state index contributed by atoms with van der Waals surface area (Å²) < 4.78 is 85.4. The number of aromatic nitrogens is 3. The Morgan fingerprint density at radius 2 is 1.84 bits per heavy atom. The monoisotopic (exact) mass is 480 g/mol. The second-order valence-corrected chi connectivity index (χ2v) is 6.59. The highest BCUT2D eigenvalue weighted by molar-refractivity contribution is 6.32. The van der Waals surface area contributed by atoms with Crippen LogP contribution < -0.4 is 14.8 Å². The summed E-state index contributed by atoms with van der Waals surface area (Å²) in [6, 6.07) is 3.14. The molecule has 0 spiro atoms. The smallest absolute Gasteiger partial charge is 0.437 e. The van der Waals surface area contributed by atoms with Crippen LogP contribution in [0.2, 0.25) is 5.02 Å². The number of nitrogens with one attached hydrogen (secondary N) is 2. The Balaban J connectivity index is 1.95. The number of ether oxygens (including phenoxy) is 2. The van der Waals surface area contributed by atoms with Crippen molar-refractivity contribution in [1.29, 1.82) is 0 Å². The zero-order valence-corrected chi connectivity index (χ0v) is 16.5. The minimum atomic E-state index is -4.96. The van der Waals surface area contributed by atoms with E-state index in [-0.39, 0.29) is 16.5 Å². The second kappa shape index (κ2) is 8.57. The van der Waals surface area contributed by atoms with Crippen molar-refractivity contribution >= 4 is 23.2 Å². The molecular formula is C18H11ClF6N4O3. The first-order valence-electron chi connectivity index (χ1n) is 8.45. The molecule has 3 rings (SSSR count). The van der Waals surface area contributed by atoms with Crippen molar-refractivity contribution in [2.45, 2.75) is 19.5 Å². The van der Waals surface area contributed by atoms with Crippen LogP contribution in [-0.4, -0.2) is 27.5 Å². The molecule has 0 aliphatic carbocycles. The number of hydrogen-bond donors (Lipinski definition) is 2. The predicted octanol–water partition coefficient (Wildman–Crippen LogP) is 5.73. The first kappa shape index (κ1) is 23.2. The lowest BCUT2D eigenvalue weighted by atomic mass is 10.1. The number of carbonyl (C=O) groups is 1. The molecule has 0 bridgehead atoms. The number of amides is 1. The molecule has 32 heavy (non-hydrogen) atoms. The lowest BCUT2D eigenvalue weighted by molar-refractivity contribution is -0.274. The normalized spacial score (nSPS) is 11.9. The van der Waals surface area contributed by atoms with Gasteiger partial charge in [0.15, 0.2) is 0 Å². The molecular weight excluding hydrogens is 470 g/mol. The minimum Gasteiger partial charge on any atom is -0.437 e. The van der Waals surface area contributed by atoms with Crippen LogP contribution in [0.4, 0.5) is 32.0 Å². The van der Waals surface area contributed by atoms with E-state index in [4.69, 9.17) is 16.3 Å². The van der Waals surface area contributed by atoms with Crippen LogP contribution in [0.1, 0.15) is 21.6 Å². The van der Waals surface area contributed by atoms with Crippen LogP contribution in [0.15, 0.2) is 36.7 Å². The summed E-state index contributed by atoms with van der Waals surface area (Å²) in [7, 11) is 0. The van der Waals surface area contributed by atoms with Gasteiger partial charge in [0.1, 0.15) is 17.1 Å². The van der Waals surface area contributed by atoms with Gasteiger partial charge in [-0.15, -0.1) is 13.2 Å². The molecule has 0 fully saturated rings. The quantitative estimate of drug-likeness (QED) is 0.455. The van der Waals surface area contributed by atoms with E-state index in [0.29, 0.717) is 18.0 Å². The van der Waals surface area contributed by atoms with Gasteiger partial charge in [-0.3, -0.25) is 9.89 Å². The van der Waals surface area contributed by atoms with E-state index in [0.717, 1.165) is 18.2 Å². The van der Waals surface area contributed by atoms with E-state index >= 15 is 0 Å². The molecule has 2 N–H and O–H groups in total. The molecule has 170 valence electrons. The molecule has 2 heterocycles. The number of anilines is 1. The first-order valence-corrected chi connectivity index (χ1v) is 8.83. The Morgan fingerprint density at radius 1 is 1.12 bits per heavy atom. The third-order valence-corrected chi connectivity index (χ3v) is 4.14. The highest BCUT2D eigenvalue weighted by Gasteiger charge is 2.34. The highest BCUT2D eigenvalue weighted by atomic mass is 35.5. The van der Waals surface area contributed by atoms with Gasteiger partial charge < -0.3 is 14.8 Å². The molecule has 2 aromatic heterocycles. The molecule has 3 aromatic rings. The lowest BCUT2D eigenvalue weighted by Gasteiger charge is -2.15. The van der Waals surface area contributed by atoms with Crippen LogP contribution in [0, 0.1) is 6.92 Å². The fraction of sp³-hybridized carbons (Fsp3) is 0.167. The average Bonchev–Trinajstić information content (AvgIpc) is 3.06. The molecule has 0 unspecified atom stereocenters. The van der Waals surface area contributed by atoms with Gasteiger partial charge in [-0.05, 0) is 25.1 Å². The Morgan fingerprint density at radius 3 is 2.41 bits per heavy atom. The minimum absolute atomic E-state index is 0.199. The van der Waals surface area contributed by atoms with Gasteiger partial charge in [0.05, 0.1) is 28.2 Å². The number of aryl methyl sites for hydroxylation is 1. The second-order valence-electron chi connectivity index (χ2n) is 6.18. The van der Waals surface area contributed by atoms with Crippen LogP contribution in [0.25, 0.3) is 0 Å². The fourth-order valence-electron chi connectivity index (χ4n) is 2.38. The van der Waals surface area contributed by atoms with E-state index in [1.807, 2.05) is 0 Å². The Kier molecular flexibility index (Phi) is 6.21. The van der Waals surface area contributed by atoms with Gasteiger partial charge in [0, 0.05) is 12.3 Å². The van der Waals surface area contributed by atoms with E-state index in [1.165, 1.54) is 6.20 Å². The molecule has 0 atom stereocenters. The van der Waals surface area contributed by atoms with Crippen molar-refractivity contribution in [2.75, 3.05) is 5.32 Å². The standard InChI is InChI=1S/C18H11ClF6N4O3/c1-8-13(7-27-29-8)28-15(30)11-4-9(17(20,21)22)6-26-16(11)31-14-3-2-10(5-12(14)19)32-18(23,24)25/h2-7H,1H3,(H,27,29)(H,28,30). The maximum Gasteiger partial charge on any atom is 0.573 e. The fourth-order valence-corrected chi connectivity index (χ4v) is 2.59. The highest BCUT2D eigenvalue weighted by Crippen LogP contribution is 2.37. The molecule has 0 aliphatic heterocycles. The molecule has 1 amide bonds. The number of hydrogen-bond acceptors (Lipinski definition) is 5. The molecule has 14 heteroatoms. The zero-order valence-electron chi connectivity index (χ0n) is 15.7. The summed E-state index contributed by atoms with van der Waals surface area (Å²) in [4.78, 5) is 16.2. The van der Waals surface area contributed by atoms with E-state index < -0.39 is 41.2 Å². The first-order chi connectivity index (χ1) is 14.8. The number of halogens is 7. The third kappa shape index (κ3) is 5.60. The van der Waals surface area contributed by atoms with Gasteiger partial charge in [0.2, 0.25) is 5.88 Å². The lowest BCUT2D eigenvalue weighted by Crippen LogP contribution is -2.17. The van der Waals surface area contributed by atoms with E-state index in [9.17, 15) is 31.1 Å². The summed E-state index contributed by atoms with van der Waals surface area (Å²) in [5.41, 5.74) is -1.19. The zero-order chi connectivity index (χ0) is 23.7. The van der Waals surface area contributed by atoms with Crippen molar-refractivity contribution in [3.05, 3.63) is 58.5 Å². The number of pyridine rings is 1. The van der Waals surface area contributed by atoms with Gasteiger partial charge in [-0.25, -0.2) is 4.98 Å². The van der Waals surface area contributed by atoms with Crippen LogP contribution in [0.3, 0.4) is 0 Å². The van der Waals surface area contributed by atoms with Crippen LogP contribution in [-0.2, 0) is 6.18 Å². The molecule has 0 radical (unpaired) electrons. The Labute approximate surface area is 180 Å². The van der Waals surface area contributed by atoms with Crippen molar-refractivity contribution in [3.8, 4) is 17.4 Å². The number of rotatable bonds is 5. The van der Waals surface area contributed by atoms with E-state index in [1.54, 1.807) is 6.92 Å². The summed E-state index contributed by atoms with van der Waals surface area (Å²) in [5, 5.41) is 8.22. The van der Waals surface area contributed by atoms with Crippen LogP contribution in [0.5, 0.6) is 17.4 Å². The maximum atomic E-state index is 13.1. The maximum absolute atomic E-state index is 13.1. The Hall–Kier alpha value is -3.48. The topological polar surface area (TPSA) is 89.1 Å². The molecule has 1 aromatic carbocycles. The van der Waals surface area contributed by atoms with Crippen LogP contribution >= 0.6 is 11.6 Å². The third-order valence-electron chi connectivity index (χ3n) is 3.84. The summed E-state index contributed by atoms with van der Waals surface area (Å²) in [6.07, 6.45) is -8.09. The number of alkyl halides is 6. The predicted molar refractivity (Wildman–Crippen MR) is 98.7 cm³/mol. The van der Waals surface area contributed by atoms with E-state index in [2.05, 4.69) is 25.2 Å². The van der Waals surface area contributed by atoms with Crippen molar-refractivity contribution < 1.29 is 40.6 Å². The molecule has 0 aliphatic rings. The van der Waals surface area contributed by atoms with Crippen molar-refractivity contribution in [2.24, 2.45) is 0 Å². The van der Waals surface area contributed by atoms with Gasteiger partial charge in [-0.2, -0.15) is 18.3 Å². The SMILES string of the molecule is Cc1[nH]ncc1NC(=O)c1cc(C(F)(F)F)cnc1Oc1ccc(OC(F)(F)F)cc1Cl. The molecule has 7 nitrogen and oxygen atoms in total. The number of H-pyrrole nitrogens is 1. The molecule has 0 saturated heterocycles. The van der Waals surface area contributed by atoms with Gasteiger partial charge in [-0.1, -0.05) is 11.6 Å². The number of benzene rings is 1. The largest absolute Gasteiger partial charge is 0.573 e. The van der Waals surface area contributed by atoms with Crippen molar-refractivity contribution in [3.63, 3.8) is 0 Å². The van der Waals surface area contributed by atoms with Crippen molar-refractivity contribution in [1.82, 2.24) is 15.2 Å².